The molecule has 0 saturated heterocycles. The van der Waals surface area contributed by atoms with Crippen LogP contribution in [0.3, 0.4) is 0 Å². The Balaban J connectivity index is 0.000000396. The van der Waals surface area contributed by atoms with Crippen molar-refractivity contribution in [3.05, 3.63) is 30.1 Å². The standard InChI is InChI=1S/C10H13N2.CH4.F6P/c1-8-11(2)9-6-4-5-7-10(9)12(8)3;;1-7(2,3,4,5)6/h4-7H,1-3H3;1H4;/q+1;;-1. The van der Waals surface area contributed by atoms with Crippen molar-refractivity contribution in [2.24, 2.45) is 14.1 Å². The molecule has 118 valence electrons. The molecule has 0 radical (unpaired) electrons. The number of imidazole rings is 1. The number of nitrogens with zero attached hydrogens (tertiary/aromatic N) is 2. The summed E-state index contributed by atoms with van der Waals surface area (Å²) >= 11 is 0. The number of rotatable bonds is 0. The molecule has 2 rings (SSSR count). The van der Waals surface area contributed by atoms with Crippen LogP contribution >= 0.6 is 7.81 Å². The summed E-state index contributed by atoms with van der Waals surface area (Å²) in [5, 5.41) is 0. The average molecular weight is 322 g/mol. The summed E-state index contributed by atoms with van der Waals surface area (Å²) < 4.78 is 63.6. The molecule has 0 aliphatic rings. The first-order chi connectivity index (χ1) is 8.16. The Morgan fingerprint density at radius 3 is 1.80 bits per heavy atom. The second kappa shape index (κ2) is 4.62. The van der Waals surface area contributed by atoms with Gasteiger partial charge in [0.15, 0.2) is 11.0 Å². The molecule has 1 aromatic heterocycles. The fourth-order valence-corrected chi connectivity index (χ4v) is 1.61. The van der Waals surface area contributed by atoms with Crippen molar-refractivity contribution < 1.29 is 29.7 Å². The Hall–Kier alpha value is -1.30. The van der Waals surface area contributed by atoms with Crippen LogP contribution in [0.25, 0.3) is 11.0 Å². The molecule has 0 saturated carbocycles. The van der Waals surface area contributed by atoms with Gasteiger partial charge in [-0.25, -0.2) is 9.13 Å². The molecule has 0 atom stereocenters. The quantitative estimate of drug-likeness (QED) is 0.352. The van der Waals surface area contributed by atoms with Crippen molar-refractivity contribution in [1.29, 1.82) is 0 Å². The Labute approximate surface area is 112 Å². The number of halogens is 6. The van der Waals surface area contributed by atoms with E-state index >= 15 is 0 Å². The monoisotopic (exact) mass is 322 g/mol. The third-order valence-corrected chi connectivity index (χ3v) is 2.58. The van der Waals surface area contributed by atoms with E-state index in [1.807, 2.05) is 0 Å². The van der Waals surface area contributed by atoms with E-state index in [0.29, 0.717) is 0 Å². The maximum absolute atomic E-state index is 10.7. The van der Waals surface area contributed by atoms with Gasteiger partial charge >= 0.3 is 33.0 Å². The fourth-order valence-electron chi connectivity index (χ4n) is 1.61. The molecule has 0 spiro atoms. The molecular weight excluding hydrogens is 305 g/mol. The van der Waals surface area contributed by atoms with Gasteiger partial charge in [0.2, 0.25) is 0 Å². The number of aromatic nitrogens is 2. The maximum atomic E-state index is 9.87. The van der Waals surface area contributed by atoms with Gasteiger partial charge in [-0.15, -0.1) is 0 Å². The van der Waals surface area contributed by atoms with Crippen LogP contribution in [0.2, 0.25) is 0 Å². The van der Waals surface area contributed by atoms with Crippen LogP contribution in [0, 0.1) is 6.92 Å². The van der Waals surface area contributed by atoms with Crippen molar-refractivity contribution in [3.8, 4) is 0 Å². The van der Waals surface area contributed by atoms with Crippen LogP contribution in [0.1, 0.15) is 13.3 Å². The normalized spacial score (nSPS) is 14.7. The number of benzene rings is 1. The summed E-state index contributed by atoms with van der Waals surface area (Å²) in [6.07, 6.45) is 0. The molecule has 0 bridgehead atoms. The zero-order valence-corrected chi connectivity index (χ0v) is 11.3. The number of hydrogen-bond donors (Lipinski definition) is 0. The zero-order chi connectivity index (χ0) is 15.1. The van der Waals surface area contributed by atoms with E-state index in [1.165, 1.54) is 16.9 Å². The van der Waals surface area contributed by atoms with E-state index in [0.717, 1.165) is 0 Å². The first kappa shape index (κ1) is 18.7. The molecule has 2 nitrogen and oxygen atoms in total. The van der Waals surface area contributed by atoms with Crippen LogP contribution in [-0.2, 0) is 14.1 Å². The molecule has 9 heteroatoms. The molecule has 0 aliphatic carbocycles. The average Bonchev–Trinajstić information content (AvgIpc) is 2.40. The van der Waals surface area contributed by atoms with E-state index in [1.54, 1.807) is 0 Å². The topological polar surface area (TPSA) is 8.81 Å². The van der Waals surface area contributed by atoms with E-state index in [2.05, 4.69) is 54.4 Å². The predicted molar refractivity (Wildman–Crippen MR) is 69.1 cm³/mol. The first-order valence-electron chi connectivity index (χ1n) is 5.13. The van der Waals surface area contributed by atoms with E-state index in [4.69, 9.17) is 0 Å². The van der Waals surface area contributed by atoms with Crippen molar-refractivity contribution in [1.82, 2.24) is 4.57 Å². The van der Waals surface area contributed by atoms with Crippen molar-refractivity contribution in [3.63, 3.8) is 0 Å². The molecule has 1 heterocycles. The molecule has 0 N–H and O–H groups in total. The number of hydrogen-bond acceptors (Lipinski definition) is 0. The van der Waals surface area contributed by atoms with Gasteiger partial charge in [-0.05, 0) is 12.1 Å². The molecule has 2 aromatic rings. The van der Waals surface area contributed by atoms with Gasteiger partial charge in [-0.1, -0.05) is 19.6 Å². The first-order valence-corrected chi connectivity index (χ1v) is 7.16. The van der Waals surface area contributed by atoms with E-state index in [-0.39, 0.29) is 7.43 Å². The summed E-state index contributed by atoms with van der Waals surface area (Å²) in [7, 11) is -6.47. The van der Waals surface area contributed by atoms with Gasteiger partial charge in [0, 0.05) is 6.92 Å². The van der Waals surface area contributed by atoms with Crippen LogP contribution in [0.4, 0.5) is 25.2 Å². The van der Waals surface area contributed by atoms with Gasteiger partial charge in [-0.3, -0.25) is 0 Å². The van der Waals surface area contributed by atoms with Gasteiger partial charge in [-0.2, -0.15) is 0 Å². The third kappa shape index (κ3) is 6.23. The zero-order valence-electron chi connectivity index (χ0n) is 10.4. The van der Waals surface area contributed by atoms with Crippen LogP contribution in [0.5, 0.6) is 0 Å². The van der Waals surface area contributed by atoms with E-state index in [9.17, 15) is 25.2 Å². The predicted octanol–water partition coefficient (Wildman–Crippen LogP) is 5.33. The van der Waals surface area contributed by atoms with Crippen LogP contribution in [0.15, 0.2) is 24.3 Å². The second-order valence-electron chi connectivity index (χ2n) is 4.11. The van der Waals surface area contributed by atoms with Gasteiger partial charge in [0.1, 0.15) is 0 Å². The molecule has 1 aromatic carbocycles. The van der Waals surface area contributed by atoms with Gasteiger partial charge in [0.05, 0.1) is 14.1 Å². The molecule has 0 unspecified atom stereocenters. The number of fused-ring (bicyclic) bond motifs is 1. The summed E-state index contributed by atoms with van der Waals surface area (Å²) in [5.41, 5.74) is 2.58. The Morgan fingerprint density at radius 2 is 1.40 bits per heavy atom. The van der Waals surface area contributed by atoms with Crippen molar-refractivity contribution >= 4 is 18.8 Å². The minimum atomic E-state index is -10.7. The van der Waals surface area contributed by atoms with Gasteiger partial charge in [0.25, 0.3) is 5.82 Å². The van der Waals surface area contributed by atoms with E-state index < -0.39 is 7.81 Å². The molecule has 20 heavy (non-hydrogen) atoms. The van der Waals surface area contributed by atoms with Crippen LogP contribution in [-0.4, -0.2) is 4.57 Å². The molecular formula is C11H17F6N2P. The second-order valence-corrected chi connectivity index (χ2v) is 6.03. The molecule has 0 amide bonds. The van der Waals surface area contributed by atoms with Gasteiger partial charge < -0.3 is 0 Å². The molecule has 0 aliphatic heterocycles. The number of para-hydroxylation sites is 2. The minimum absolute atomic E-state index is 0. The molecule has 0 fully saturated rings. The third-order valence-electron chi connectivity index (χ3n) is 2.58. The Bertz CT molecular complexity index is 564. The summed E-state index contributed by atoms with van der Waals surface area (Å²) in [6, 6.07) is 8.42. The summed E-state index contributed by atoms with van der Waals surface area (Å²) in [6.45, 7) is 2.12. The summed E-state index contributed by atoms with van der Waals surface area (Å²) in [4.78, 5) is 0. The number of aryl methyl sites for hydroxylation is 2. The van der Waals surface area contributed by atoms with Crippen molar-refractivity contribution in [2.75, 3.05) is 0 Å². The van der Waals surface area contributed by atoms with Crippen LogP contribution < -0.4 is 4.57 Å². The SMILES string of the molecule is C.Cc1n(C)c2ccccc2[n+]1C.F[P-](F)(F)(F)(F)F. The summed E-state index contributed by atoms with van der Waals surface area (Å²) in [5.74, 6) is 1.27. The Kier molecular flexibility index (Phi) is 4.32. The fraction of sp³-hybridized carbons (Fsp3) is 0.364. The van der Waals surface area contributed by atoms with Crippen molar-refractivity contribution in [2.45, 2.75) is 14.4 Å². The Morgan fingerprint density at radius 1 is 1.00 bits per heavy atom.